The van der Waals surface area contributed by atoms with Crippen molar-refractivity contribution in [2.24, 2.45) is 5.92 Å². The highest BCUT2D eigenvalue weighted by molar-refractivity contribution is 5.96. The molecule has 5 nitrogen and oxygen atoms in total. The van der Waals surface area contributed by atoms with E-state index in [2.05, 4.69) is 12.1 Å². The van der Waals surface area contributed by atoms with Crippen LogP contribution in [-0.2, 0) is 24.1 Å². The van der Waals surface area contributed by atoms with Crippen LogP contribution in [-0.4, -0.2) is 42.9 Å². The number of carbonyl (C=O) groups is 2. The van der Waals surface area contributed by atoms with Crippen molar-refractivity contribution in [3.8, 4) is 11.5 Å². The number of ketones is 1. The first kappa shape index (κ1) is 18.2. The van der Waals surface area contributed by atoms with Crippen molar-refractivity contribution in [1.29, 1.82) is 0 Å². The fraction of sp³-hybridized carbons (Fsp3) is 0.391. The normalized spacial score (nSPS) is 18.0. The van der Waals surface area contributed by atoms with Gasteiger partial charge in [0.15, 0.2) is 5.78 Å². The molecule has 0 radical (unpaired) electrons. The van der Waals surface area contributed by atoms with Crippen LogP contribution in [0, 0.1) is 11.7 Å². The summed E-state index contributed by atoms with van der Waals surface area (Å²) in [5.74, 6) is 0.426. The molecule has 0 unspecified atom stereocenters. The summed E-state index contributed by atoms with van der Waals surface area (Å²) in [6.07, 6.45) is 3.64. The number of carbonyl (C=O) groups excluding carboxylic acids is 2. The Bertz CT molecular complexity index is 997. The number of rotatable bonds is 4. The van der Waals surface area contributed by atoms with Gasteiger partial charge in [-0.15, -0.1) is 0 Å². The first-order valence-corrected chi connectivity index (χ1v) is 10.1. The van der Waals surface area contributed by atoms with Gasteiger partial charge in [-0.2, -0.15) is 0 Å². The van der Waals surface area contributed by atoms with E-state index in [9.17, 15) is 14.0 Å². The molecule has 0 saturated carbocycles. The summed E-state index contributed by atoms with van der Waals surface area (Å²) in [7, 11) is 0. The van der Waals surface area contributed by atoms with E-state index in [1.807, 2.05) is 6.07 Å². The Hall–Kier alpha value is -2.89. The molecule has 6 heteroatoms. The molecule has 1 saturated heterocycles. The number of nitrogens with zero attached hydrogens (tertiary/aromatic N) is 1. The first-order chi connectivity index (χ1) is 14.1. The molecule has 0 N–H and O–H groups in total. The standard InChI is InChI=1S/C23H22FNO4/c24-21-9-22-17(6-18(26)13-29-22)8-20(21)23(27)25-10-14(11-25)12-28-19-5-4-15-2-1-3-16(15)7-19/h4-5,7-9,14H,1-3,6,10-13H2. The van der Waals surface area contributed by atoms with E-state index in [-0.39, 0.29) is 36.2 Å². The number of Topliss-reactive ketones (excluding diaryl/α,β-unsaturated/α-hetero) is 1. The third-order valence-corrected chi connectivity index (χ3v) is 5.96. The molecule has 1 fully saturated rings. The summed E-state index contributed by atoms with van der Waals surface area (Å²) >= 11 is 0. The summed E-state index contributed by atoms with van der Waals surface area (Å²) < 4.78 is 25.5. The molecule has 1 aliphatic carbocycles. The van der Waals surface area contributed by atoms with Gasteiger partial charge in [-0.05, 0) is 48.6 Å². The minimum Gasteiger partial charge on any atom is -0.493 e. The maximum Gasteiger partial charge on any atom is 0.256 e. The lowest BCUT2D eigenvalue weighted by molar-refractivity contribution is -0.121. The predicted octanol–water partition coefficient (Wildman–Crippen LogP) is 2.97. The Labute approximate surface area is 168 Å². The Balaban J connectivity index is 1.18. The number of hydrogen-bond acceptors (Lipinski definition) is 4. The van der Waals surface area contributed by atoms with Crippen molar-refractivity contribution in [1.82, 2.24) is 4.90 Å². The van der Waals surface area contributed by atoms with Gasteiger partial charge < -0.3 is 14.4 Å². The summed E-state index contributed by atoms with van der Waals surface area (Å²) in [6.45, 7) is 1.57. The van der Waals surface area contributed by atoms with Gasteiger partial charge in [-0.25, -0.2) is 4.39 Å². The van der Waals surface area contributed by atoms with Crippen LogP contribution in [0.25, 0.3) is 0 Å². The maximum absolute atomic E-state index is 14.4. The van der Waals surface area contributed by atoms with E-state index >= 15 is 0 Å². The Morgan fingerprint density at radius 3 is 2.83 bits per heavy atom. The largest absolute Gasteiger partial charge is 0.493 e. The topological polar surface area (TPSA) is 55.8 Å². The summed E-state index contributed by atoms with van der Waals surface area (Å²) in [5.41, 5.74) is 3.36. The molecule has 2 heterocycles. The molecule has 3 aliphatic rings. The van der Waals surface area contributed by atoms with E-state index in [1.165, 1.54) is 29.7 Å². The van der Waals surface area contributed by atoms with Gasteiger partial charge in [0.2, 0.25) is 0 Å². The van der Waals surface area contributed by atoms with Crippen LogP contribution >= 0.6 is 0 Å². The number of ether oxygens (including phenoxy) is 2. The van der Waals surface area contributed by atoms with Crippen LogP contribution in [0.5, 0.6) is 11.5 Å². The number of benzene rings is 2. The zero-order valence-electron chi connectivity index (χ0n) is 16.1. The molecule has 150 valence electrons. The molecule has 2 aromatic carbocycles. The number of hydrogen-bond donors (Lipinski definition) is 0. The summed E-state index contributed by atoms with van der Waals surface area (Å²) in [4.78, 5) is 25.9. The molecule has 5 rings (SSSR count). The average Bonchev–Trinajstić information content (AvgIpc) is 3.14. The van der Waals surface area contributed by atoms with Crippen molar-refractivity contribution in [2.75, 3.05) is 26.3 Å². The lowest BCUT2D eigenvalue weighted by Crippen LogP contribution is -2.52. The second-order valence-electron chi connectivity index (χ2n) is 8.12. The van der Waals surface area contributed by atoms with Gasteiger partial charge >= 0.3 is 0 Å². The molecule has 2 aliphatic heterocycles. The number of amides is 1. The summed E-state index contributed by atoms with van der Waals surface area (Å²) in [6, 6.07) is 8.94. The smallest absolute Gasteiger partial charge is 0.256 e. The van der Waals surface area contributed by atoms with Crippen LogP contribution in [0.15, 0.2) is 30.3 Å². The zero-order valence-corrected chi connectivity index (χ0v) is 16.1. The van der Waals surface area contributed by atoms with Gasteiger partial charge in [-0.1, -0.05) is 6.07 Å². The third kappa shape index (κ3) is 3.48. The molecule has 2 aromatic rings. The van der Waals surface area contributed by atoms with Crippen LogP contribution in [0.1, 0.15) is 33.5 Å². The number of halogens is 1. The molecule has 0 aromatic heterocycles. The fourth-order valence-electron chi connectivity index (χ4n) is 4.32. The SMILES string of the molecule is O=C1COc2cc(F)c(C(=O)N3CC(COc4ccc5c(c4)CCC5)C3)cc2C1. The van der Waals surface area contributed by atoms with Crippen LogP contribution in [0.2, 0.25) is 0 Å². The Morgan fingerprint density at radius 1 is 1.14 bits per heavy atom. The van der Waals surface area contributed by atoms with E-state index in [4.69, 9.17) is 9.47 Å². The van der Waals surface area contributed by atoms with E-state index in [0.717, 1.165) is 18.6 Å². The molecule has 29 heavy (non-hydrogen) atoms. The number of likely N-dealkylation sites (tertiary alicyclic amines) is 1. The van der Waals surface area contributed by atoms with E-state index < -0.39 is 5.82 Å². The molecule has 0 bridgehead atoms. The second-order valence-corrected chi connectivity index (χ2v) is 8.12. The average molecular weight is 395 g/mol. The van der Waals surface area contributed by atoms with Crippen LogP contribution in [0.3, 0.4) is 0 Å². The Morgan fingerprint density at radius 2 is 1.97 bits per heavy atom. The number of fused-ring (bicyclic) bond motifs is 2. The van der Waals surface area contributed by atoms with Gasteiger partial charge in [0.05, 0.1) is 12.2 Å². The highest BCUT2D eigenvalue weighted by Gasteiger charge is 2.34. The highest BCUT2D eigenvalue weighted by Crippen LogP contribution is 2.30. The van der Waals surface area contributed by atoms with Gasteiger partial charge in [0.25, 0.3) is 5.91 Å². The highest BCUT2D eigenvalue weighted by atomic mass is 19.1. The lowest BCUT2D eigenvalue weighted by Gasteiger charge is -2.39. The van der Waals surface area contributed by atoms with Crippen LogP contribution < -0.4 is 9.47 Å². The number of aryl methyl sites for hydroxylation is 2. The van der Waals surface area contributed by atoms with Crippen molar-refractivity contribution < 1.29 is 23.5 Å². The maximum atomic E-state index is 14.4. The van der Waals surface area contributed by atoms with Crippen molar-refractivity contribution >= 4 is 11.7 Å². The summed E-state index contributed by atoms with van der Waals surface area (Å²) in [5, 5.41) is 0. The molecule has 0 atom stereocenters. The van der Waals surface area contributed by atoms with Crippen molar-refractivity contribution in [3.05, 3.63) is 58.4 Å². The Kier molecular flexibility index (Phi) is 4.49. The van der Waals surface area contributed by atoms with Crippen LogP contribution in [0.4, 0.5) is 4.39 Å². The molecule has 1 amide bonds. The molecular weight excluding hydrogens is 373 g/mol. The minimum atomic E-state index is -0.610. The lowest BCUT2D eigenvalue weighted by atomic mass is 9.97. The molecule has 0 spiro atoms. The quantitative estimate of drug-likeness (QED) is 0.799. The van der Waals surface area contributed by atoms with Gasteiger partial charge in [0.1, 0.15) is 23.9 Å². The second kappa shape index (κ2) is 7.17. The van der Waals surface area contributed by atoms with E-state index in [1.54, 1.807) is 4.90 Å². The fourth-order valence-corrected chi connectivity index (χ4v) is 4.32. The monoisotopic (exact) mass is 395 g/mol. The minimum absolute atomic E-state index is 0.0000375. The van der Waals surface area contributed by atoms with Gasteiger partial charge in [0, 0.05) is 37.1 Å². The predicted molar refractivity (Wildman–Crippen MR) is 104 cm³/mol. The first-order valence-electron chi connectivity index (χ1n) is 10.1. The molecular formula is C23H22FNO4. The zero-order chi connectivity index (χ0) is 20.0. The van der Waals surface area contributed by atoms with Gasteiger partial charge in [-0.3, -0.25) is 9.59 Å². The van der Waals surface area contributed by atoms with Crippen molar-refractivity contribution in [2.45, 2.75) is 25.7 Å². The van der Waals surface area contributed by atoms with E-state index in [0.29, 0.717) is 31.0 Å². The third-order valence-electron chi connectivity index (χ3n) is 5.96. The van der Waals surface area contributed by atoms with Crippen molar-refractivity contribution in [3.63, 3.8) is 0 Å².